The van der Waals surface area contributed by atoms with Crippen LogP contribution in [0, 0.1) is 23.2 Å². The molecule has 9 nitrogen and oxygen atoms in total. The second-order valence-corrected chi connectivity index (χ2v) is 7.80. The molecule has 0 bridgehead atoms. The Labute approximate surface area is 168 Å². The van der Waals surface area contributed by atoms with E-state index in [1.54, 1.807) is 4.90 Å². The van der Waals surface area contributed by atoms with E-state index in [1.807, 2.05) is 24.3 Å². The fraction of sp³-hybridized carbons (Fsp3) is 0.500. The van der Waals surface area contributed by atoms with Crippen molar-refractivity contribution in [2.45, 2.75) is 18.4 Å². The summed E-state index contributed by atoms with van der Waals surface area (Å²) in [6.45, 7) is 3.13. The first-order valence-corrected chi connectivity index (χ1v) is 9.63. The van der Waals surface area contributed by atoms with Crippen LogP contribution in [-0.2, 0) is 19.7 Å². The number of fused-ring (bicyclic) bond motifs is 1. The van der Waals surface area contributed by atoms with Crippen LogP contribution in [-0.4, -0.2) is 61.6 Å². The van der Waals surface area contributed by atoms with Crippen LogP contribution in [0.15, 0.2) is 24.3 Å². The van der Waals surface area contributed by atoms with Crippen molar-refractivity contribution in [3.63, 3.8) is 0 Å². The Morgan fingerprint density at radius 2 is 1.93 bits per heavy atom. The number of hydrogen-bond acceptors (Lipinski definition) is 6. The number of cyclic esters (lactones) is 1. The van der Waals surface area contributed by atoms with Gasteiger partial charge in [-0.15, -0.1) is 0 Å². The number of anilines is 1. The van der Waals surface area contributed by atoms with E-state index in [-0.39, 0.29) is 36.7 Å². The molecule has 0 spiro atoms. The Balaban J connectivity index is 1.44. The minimum Gasteiger partial charge on any atom is -0.442 e. The molecule has 1 aliphatic carbocycles. The number of carbonyl (C=O) groups excluding carboxylic acids is 3. The number of nitrogens with zero attached hydrogens (tertiary/aromatic N) is 3. The number of nitrogens with two attached hydrogens (primary N) is 1. The number of benzene rings is 1. The zero-order valence-electron chi connectivity index (χ0n) is 16.1. The third-order valence-corrected chi connectivity index (χ3v) is 6.20. The number of carbonyl (C=O) groups is 3. The molecular formula is C20H23N5O4. The number of nitriles is 1. The first-order chi connectivity index (χ1) is 13.9. The van der Waals surface area contributed by atoms with Crippen molar-refractivity contribution in [1.82, 2.24) is 10.2 Å². The van der Waals surface area contributed by atoms with Crippen molar-refractivity contribution in [1.29, 1.82) is 5.26 Å². The summed E-state index contributed by atoms with van der Waals surface area (Å²) >= 11 is 0. The summed E-state index contributed by atoms with van der Waals surface area (Å²) < 4.78 is 5.29. The number of piperidine rings is 1. The number of amides is 3. The molecular weight excluding hydrogens is 374 g/mol. The van der Waals surface area contributed by atoms with Crippen molar-refractivity contribution in [2.75, 3.05) is 37.6 Å². The van der Waals surface area contributed by atoms with Crippen molar-refractivity contribution in [3.8, 4) is 6.07 Å². The molecule has 9 heteroatoms. The average Bonchev–Trinajstić information content (AvgIpc) is 3.02. The van der Waals surface area contributed by atoms with Gasteiger partial charge in [0.15, 0.2) is 0 Å². The largest absolute Gasteiger partial charge is 0.442 e. The maximum atomic E-state index is 12.2. The highest BCUT2D eigenvalue weighted by atomic mass is 16.6. The Morgan fingerprint density at radius 3 is 2.48 bits per heavy atom. The molecule has 29 heavy (non-hydrogen) atoms. The topological polar surface area (TPSA) is 129 Å². The van der Waals surface area contributed by atoms with Gasteiger partial charge in [-0.1, -0.05) is 12.1 Å². The molecule has 2 saturated heterocycles. The highest BCUT2D eigenvalue weighted by molar-refractivity contribution is 5.90. The summed E-state index contributed by atoms with van der Waals surface area (Å²) in [7, 11) is 0. The molecule has 1 saturated carbocycles. The molecule has 3 aliphatic rings. The summed E-state index contributed by atoms with van der Waals surface area (Å²) in [5.41, 5.74) is 6.44. The first-order valence-electron chi connectivity index (χ1n) is 9.63. The summed E-state index contributed by atoms with van der Waals surface area (Å²) in [6, 6.07) is 9.84. The van der Waals surface area contributed by atoms with Gasteiger partial charge in [-0.3, -0.25) is 14.5 Å². The predicted molar refractivity (Wildman–Crippen MR) is 103 cm³/mol. The van der Waals surface area contributed by atoms with Gasteiger partial charge in [0.1, 0.15) is 6.10 Å². The van der Waals surface area contributed by atoms with Crippen molar-refractivity contribution < 1.29 is 19.1 Å². The van der Waals surface area contributed by atoms with Gasteiger partial charge in [-0.05, 0) is 17.7 Å². The van der Waals surface area contributed by atoms with Gasteiger partial charge in [-0.25, -0.2) is 4.79 Å². The lowest BCUT2D eigenvalue weighted by atomic mass is 9.91. The van der Waals surface area contributed by atoms with Gasteiger partial charge < -0.3 is 20.7 Å². The zero-order chi connectivity index (χ0) is 20.8. The highest BCUT2D eigenvalue weighted by Gasteiger charge is 2.70. The van der Waals surface area contributed by atoms with Crippen LogP contribution in [0.4, 0.5) is 10.5 Å². The maximum Gasteiger partial charge on any atom is 0.414 e. The highest BCUT2D eigenvalue weighted by Crippen LogP contribution is 2.63. The van der Waals surface area contributed by atoms with Crippen LogP contribution >= 0.6 is 0 Å². The first kappa shape index (κ1) is 19.2. The molecule has 1 aromatic carbocycles. The number of rotatable bonds is 5. The fourth-order valence-electron chi connectivity index (χ4n) is 4.63. The molecule has 3 amide bonds. The van der Waals surface area contributed by atoms with E-state index in [0.717, 1.165) is 5.56 Å². The summed E-state index contributed by atoms with van der Waals surface area (Å²) in [5.74, 6) is -0.0200. The van der Waals surface area contributed by atoms with Gasteiger partial charge >= 0.3 is 6.09 Å². The second-order valence-electron chi connectivity index (χ2n) is 7.80. The van der Waals surface area contributed by atoms with E-state index < -0.39 is 17.6 Å². The summed E-state index contributed by atoms with van der Waals surface area (Å²) in [5, 5.41) is 12.5. The lowest BCUT2D eigenvalue weighted by molar-refractivity contribution is -0.129. The molecule has 0 radical (unpaired) electrons. The molecule has 2 unspecified atom stereocenters. The van der Waals surface area contributed by atoms with Crippen LogP contribution in [0.25, 0.3) is 0 Å². The molecule has 0 aromatic heterocycles. The lowest BCUT2D eigenvalue weighted by Crippen LogP contribution is -2.38. The van der Waals surface area contributed by atoms with Crippen LogP contribution in [0.2, 0.25) is 0 Å². The summed E-state index contributed by atoms with van der Waals surface area (Å²) in [6.07, 6.45) is -0.854. The Kier molecular flexibility index (Phi) is 4.67. The molecule has 152 valence electrons. The average molecular weight is 397 g/mol. The second kappa shape index (κ2) is 7.04. The third kappa shape index (κ3) is 3.09. The molecule has 4 rings (SSSR count). The van der Waals surface area contributed by atoms with Gasteiger partial charge in [0.25, 0.3) is 0 Å². The van der Waals surface area contributed by atoms with Gasteiger partial charge in [-0.2, -0.15) is 5.26 Å². The SMILES string of the molecule is CC(=O)NC[C@H]1CN(c2ccc(C3(C#N)C4CN(C(=O)CN)CC43)cc2)C(=O)O1. The van der Waals surface area contributed by atoms with E-state index in [2.05, 4.69) is 11.4 Å². The third-order valence-electron chi connectivity index (χ3n) is 6.20. The van der Waals surface area contributed by atoms with E-state index in [1.165, 1.54) is 11.8 Å². The predicted octanol–water partition coefficient (Wildman–Crippen LogP) is -0.0438. The Hall–Kier alpha value is -3.12. The van der Waals surface area contributed by atoms with E-state index in [0.29, 0.717) is 25.3 Å². The molecule has 3 fully saturated rings. The minimum absolute atomic E-state index is 0.0114. The molecule has 2 heterocycles. The van der Waals surface area contributed by atoms with Crippen LogP contribution in [0.1, 0.15) is 12.5 Å². The van der Waals surface area contributed by atoms with E-state index in [4.69, 9.17) is 10.5 Å². The molecule has 2 aliphatic heterocycles. The van der Waals surface area contributed by atoms with E-state index >= 15 is 0 Å². The number of likely N-dealkylation sites (tertiary alicyclic amines) is 1. The molecule has 1 aromatic rings. The van der Waals surface area contributed by atoms with Crippen molar-refractivity contribution in [2.24, 2.45) is 17.6 Å². The monoisotopic (exact) mass is 397 g/mol. The number of hydrogen-bond donors (Lipinski definition) is 2. The summed E-state index contributed by atoms with van der Waals surface area (Å²) in [4.78, 5) is 38.2. The fourth-order valence-corrected chi connectivity index (χ4v) is 4.63. The van der Waals surface area contributed by atoms with Crippen molar-refractivity contribution >= 4 is 23.6 Å². The molecule has 3 atom stereocenters. The van der Waals surface area contributed by atoms with Crippen LogP contribution < -0.4 is 16.0 Å². The van der Waals surface area contributed by atoms with Crippen LogP contribution in [0.5, 0.6) is 0 Å². The standard InChI is InChI=1S/C20H23N5O4/c1-12(26)23-7-15-8-25(19(28)29-15)14-4-2-13(3-5-14)20(11-22)16-9-24(10-17(16)20)18(27)6-21/h2-5,15-17H,6-10,21H2,1H3,(H,23,26)/t15-,16?,17?,20?/m0/s1. The quantitative estimate of drug-likeness (QED) is 0.717. The van der Waals surface area contributed by atoms with Crippen LogP contribution in [0.3, 0.4) is 0 Å². The number of ether oxygens (including phenoxy) is 1. The zero-order valence-corrected chi connectivity index (χ0v) is 16.1. The molecule has 3 N–H and O–H groups in total. The van der Waals surface area contributed by atoms with Gasteiger partial charge in [0.05, 0.1) is 31.1 Å². The van der Waals surface area contributed by atoms with E-state index in [9.17, 15) is 19.6 Å². The smallest absolute Gasteiger partial charge is 0.414 e. The van der Waals surface area contributed by atoms with Crippen molar-refractivity contribution in [3.05, 3.63) is 29.8 Å². The van der Waals surface area contributed by atoms with Gasteiger partial charge in [0, 0.05) is 37.5 Å². The number of nitrogens with one attached hydrogen (secondary N) is 1. The Bertz CT molecular complexity index is 881. The Morgan fingerprint density at radius 1 is 1.28 bits per heavy atom. The lowest BCUT2D eigenvalue weighted by Gasteiger charge is -2.23. The van der Waals surface area contributed by atoms with Gasteiger partial charge in [0.2, 0.25) is 11.8 Å². The normalized spacial score (nSPS) is 29.8. The maximum absolute atomic E-state index is 12.2. The minimum atomic E-state index is -0.580.